The molecule has 2 aliphatic rings. The molecule has 2 amide bonds. The number of hydrogen-bond acceptors (Lipinski definition) is 4. The number of carbonyl (C=O) groups is 2. The van der Waals surface area contributed by atoms with Crippen LogP contribution in [0.4, 0.5) is 0 Å². The molecule has 5 nitrogen and oxygen atoms in total. The minimum absolute atomic E-state index is 0.221. The van der Waals surface area contributed by atoms with Crippen molar-refractivity contribution in [2.24, 2.45) is 0 Å². The van der Waals surface area contributed by atoms with E-state index in [1.807, 2.05) is 0 Å². The molecule has 1 atom stereocenters. The zero-order chi connectivity index (χ0) is 12.5. The summed E-state index contributed by atoms with van der Waals surface area (Å²) in [6.07, 6.45) is -0.221. The van der Waals surface area contributed by atoms with E-state index < -0.39 is 0 Å². The molecule has 0 radical (unpaired) electrons. The molecule has 1 saturated heterocycles. The smallest absolute Gasteiger partial charge is 0.261 e. The number of ether oxygens (including phenoxy) is 2. The standard InChI is InChI=1S/C13H13NO4/c15-12-10-3-1-2-4-11(10)13(16)14(12)7-9-8-17-5-6-18-9/h1-4,9H,5-8H2/t9-/m0/s1. The number of amides is 2. The van der Waals surface area contributed by atoms with Gasteiger partial charge in [-0.1, -0.05) is 12.1 Å². The molecular weight excluding hydrogens is 234 g/mol. The fourth-order valence-corrected chi connectivity index (χ4v) is 2.25. The van der Waals surface area contributed by atoms with E-state index in [4.69, 9.17) is 9.47 Å². The van der Waals surface area contributed by atoms with E-state index >= 15 is 0 Å². The van der Waals surface area contributed by atoms with E-state index in [9.17, 15) is 9.59 Å². The van der Waals surface area contributed by atoms with Crippen LogP contribution in [-0.4, -0.2) is 49.2 Å². The lowest BCUT2D eigenvalue weighted by molar-refractivity contribution is -0.0923. The molecule has 1 aromatic carbocycles. The summed E-state index contributed by atoms with van der Waals surface area (Å²) in [5.74, 6) is -0.491. The maximum absolute atomic E-state index is 12.1. The highest BCUT2D eigenvalue weighted by molar-refractivity contribution is 6.21. The van der Waals surface area contributed by atoms with E-state index in [0.29, 0.717) is 30.9 Å². The summed E-state index contributed by atoms with van der Waals surface area (Å²) in [6, 6.07) is 6.86. The molecule has 94 valence electrons. The van der Waals surface area contributed by atoms with Crippen LogP contribution in [0.1, 0.15) is 20.7 Å². The SMILES string of the molecule is O=C1c2ccccc2C(=O)N1C[C@H]1COCCO1. The molecule has 0 saturated carbocycles. The van der Waals surface area contributed by atoms with Gasteiger partial charge in [0.1, 0.15) is 0 Å². The van der Waals surface area contributed by atoms with Gasteiger partial charge >= 0.3 is 0 Å². The van der Waals surface area contributed by atoms with Crippen LogP contribution in [0.5, 0.6) is 0 Å². The van der Waals surface area contributed by atoms with E-state index in [0.717, 1.165) is 0 Å². The van der Waals surface area contributed by atoms with Crippen molar-refractivity contribution in [2.45, 2.75) is 6.10 Å². The first-order valence-corrected chi connectivity index (χ1v) is 5.92. The molecule has 0 unspecified atom stereocenters. The molecule has 0 aliphatic carbocycles. The summed E-state index contributed by atoms with van der Waals surface area (Å²) in [6.45, 7) is 1.76. The molecule has 1 fully saturated rings. The normalized spacial score (nSPS) is 23.3. The second-order valence-electron chi connectivity index (χ2n) is 4.33. The Labute approximate surface area is 104 Å². The van der Waals surface area contributed by atoms with Crippen LogP contribution in [0.15, 0.2) is 24.3 Å². The third kappa shape index (κ3) is 1.81. The number of hydrogen-bond donors (Lipinski definition) is 0. The van der Waals surface area contributed by atoms with Gasteiger partial charge < -0.3 is 9.47 Å². The first-order valence-electron chi connectivity index (χ1n) is 5.92. The Kier molecular flexibility index (Phi) is 2.85. The zero-order valence-electron chi connectivity index (χ0n) is 9.80. The molecule has 0 bridgehead atoms. The summed E-state index contributed by atoms with van der Waals surface area (Å²) in [5.41, 5.74) is 0.943. The lowest BCUT2D eigenvalue weighted by Gasteiger charge is -2.26. The second-order valence-corrected chi connectivity index (χ2v) is 4.33. The van der Waals surface area contributed by atoms with Gasteiger partial charge in [-0.25, -0.2) is 0 Å². The van der Waals surface area contributed by atoms with Gasteiger partial charge in [0, 0.05) is 0 Å². The van der Waals surface area contributed by atoms with Crippen LogP contribution < -0.4 is 0 Å². The monoisotopic (exact) mass is 247 g/mol. The Morgan fingerprint density at radius 2 is 1.78 bits per heavy atom. The number of nitrogens with zero attached hydrogens (tertiary/aromatic N) is 1. The Morgan fingerprint density at radius 3 is 2.33 bits per heavy atom. The predicted octanol–water partition coefficient (Wildman–Crippen LogP) is 0.698. The van der Waals surface area contributed by atoms with Crippen LogP contribution >= 0.6 is 0 Å². The van der Waals surface area contributed by atoms with Gasteiger partial charge in [-0.2, -0.15) is 0 Å². The summed E-state index contributed by atoms with van der Waals surface area (Å²) in [4.78, 5) is 25.4. The fraction of sp³-hybridized carbons (Fsp3) is 0.385. The van der Waals surface area contributed by atoms with Gasteiger partial charge in [0.25, 0.3) is 11.8 Å². The zero-order valence-corrected chi connectivity index (χ0v) is 9.80. The van der Waals surface area contributed by atoms with E-state index in [-0.39, 0.29) is 24.5 Å². The minimum atomic E-state index is -0.246. The Morgan fingerprint density at radius 1 is 1.11 bits per heavy atom. The van der Waals surface area contributed by atoms with E-state index in [2.05, 4.69) is 0 Å². The van der Waals surface area contributed by atoms with Gasteiger partial charge in [-0.3, -0.25) is 14.5 Å². The van der Waals surface area contributed by atoms with Gasteiger partial charge in [-0.05, 0) is 12.1 Å². The summed E-state index contributed by atoms with van der Waals surface area (Å²) < 4.78 is 10.7. The van der Waals surface area contributed by atoms with Crippen molar-refractivity contribution >= 4 is 11.8 Å². The highest BCUT2D eigenvalue weighted by Gasteiger charge is 2.36. The van der Waals surface area contributed by atoms with Gasteiger partial charge in [-0.15, -0.1) is 0 Å². The van der Waals surface area contributed by atoms with Gasteiger partial charge in [0.15, 0.2) is 0 Å². The first-order chi connectivity index (χ1) is 8.77. The van der Waals surface area contributed by atoms with E-state index in [1.165, 1.54) is 4.90 Å². The van der Waals surface area contributed by atoms with Crippen molar-refractivity contribution in [2.75, 3.05) is 26.4 Å². The Bertz CT molecular complexity index is 459. The average molecular weight is 247 g/mol. The highest BCUT2D eigenvalue weighted by Crippen LogP contribution is 2.23. The predicted molar refractivity (Wildman–Crippen MR) is 62.4 cm³/mol. The highest BCUT2D eigenvalue weighted by atomic mass is 16.6. The molecule has 2 heterocycles. The van der Waals surface area contributed by atoms with Crippen LogP contribution in [0, 0.1) is 0 Å². The molecule has 2 aliphatic heterocycles. The largest absolute Gasteiger partial charge is 0.376 e. The number of rotatable bonds is 2. The lowest BCUT2D eigenvalue weighted by Crippen LogP contribution is -2.42. The molecule has 0 aromatic heterocycles. The van der Waals surface area contributed by atoms with Gasteiger partial charge in [0.2, 0.25) is 0 Å². The molecular formula is C13H13NO4. The third-order valence-corrected chi connectivity index (χ3v) is 3.15. The summed E-state index contributed by atoms with van der Waals surface area (Å²) in [7, 11) is 0. The number of benzene rings is 1. The lowest BCUT2D eigenvalue weighted by atomic mass is 10.1. The second kappa shape index (κ2) is 4.51. The quantitative estimate of drug-likeness (QED) is 0.722. The Balaban J connectivity index is 1.79. The average Bonchev–Trinajstić information content (AvgIpc) is 2.66. The number of carbonyl (C=O) groups excluding carboxylic acids is 2. The van der Waals surface area contributed by atoms with Crippen molar-refractivity contribution in [3.05, 3.63) is 35.4 Å². The molecule has 5 heteroatoms. The van der Waals surface area contributed by atoms with Crippen molar-refractivity contribution in [3.63, 3.8) is 0 Å². The maximum Gasteiger partial charge on any atom is 0.261 e. The van der Waals surface area contributed by atoms with Crippen molar-refractivity contribution in [1.82, 2.24) is 4.90 Å². The minimum Gasteiger partial charge on any atom is -0.376 e. The molecule has 18 heavy (non-hydrogen) atoms. The van der Waals surface area contributed by atoms with Crippen molar-refractivity contribution in [1.29, 1.82) is 0 Å². The molecule has 3 rings (SSSR count). The van der Waals surface area contributed by atoms with Crippen LogP contribution in [0.25, 0.3) is 0 Å². The van der Waals surface area contributed by atoms with Crippen LogP contribution in [0.2, 0.25) is 0 Å². The topological polar surface area (TPSA) is 55.8 Å². The van der Waals surface area contributed by atoms with Crippen molar-refractivity contribution < 1.29 is 19.1 Å². The maximum atomic E-state index is 12.1. The fourth-order valence-electron chi connectivity index (χ4n) is 2.25. The Hall–Kier alpha value is -1.72. The number of imide groups is 1. The molecule has 1 aromatic rings. The molecule has 0 N–H and O–H groups in total. The van der Waals surface area contributed by atoms with E-state index in [1.54, 1.807) is 24.3 Å². The summed E-state index contributed by atoms with van der Waals surface area (Å²) in [5, 5.41) is 0. The van der Waals surface area contributed by atoms with Crippen LogP contribution in [0.3, 0.4) is 0 Å². The van der Waals surface area contributed by atoms with Crippen molar-refractivity contribution in [3.8, 4) is 0 Å². The number of fused-ring (bicyclic) bond motifs is 1. The van der Waals surface area contributed by atoms with Crippen LogP contribution in [-0.2, 0) is 9.47 Å². The molecule has 0 spiro atoms. The summed E-state index contributed by atoms with van der Waals surface area (Å²) >= 11 is 0. The van der Waals surface area contributed by atoms with Gasteiger partial charge in [0.05, 0.1) is 43.6 Å². The first kappa shape index (κ1) is 11.4. The third-order valence-electron chi connectivity index (χ3n) is 3.15.